The summed E-state index contributed by atoms with van der Waals surface area (Å²) in [5.74, 6) is 0. The first-order valence-electron chi connectivity index (χ1n) is 28.3. The molecule has 0 aromatic heterocycles. The Morgan fingerprint density at radius 1 is 0.412 bits per heavy atom. The summed E-state index contributed by atoms with van der Waals surface area (Å²) < 4.78 is 0. The predicted molar refractivity (Wildman–Crippen MR) is 339 cm³/mol. The Morgan fingerprint density at radius 3 is 1.41 bits per heavy atom. The van der Waals surface area contributed by atoms with Crippen LogP contribution < -0.4 is 31.1 Å². The molecule has 0 radical (unpaired) electrons. The molecule has 80 heavy (non-hydrogen) atoms. The van der Waals surface area contributed by atoms with Crippen molar-refractivity contribution in [1.29, 1.82) is 0 Å². The summed E-state index contributed by atoms with van der Waals surface area (Å²) in [6, 6.07) is 63.1. The third-order valence-electron chi connectivity index (χ3n) is 16.4. The molecule has 8 aromatic carbocycles. The zero-order valence-corrected chi connectivity index (χ0v) is 59.7. The molecule has 0 fully saturated rings. The SMILES string of the molecule is [CH2-]c1cc(C(C)(C)C)cc2c1N(c1[c-]cc(C(C)(C)C)c[c-]1)c1c([CH2-])c(C(C)(C)C)cc3c1B2c1ccc(N(c2ccc(C(C)(C)C)cc2)c2ccc(C(C)(C)C)cc2)cc1N3c1ccc(C(C)(C)C)cc1-c1ccccc1.[Cd+2].[Cd+2]. The molecule has 0 aliphatic carbocycles. The number of rotatable bonds is 6. The van der Waals surface area contributed by atoms with Gasteiger partial charge in [-0.15, -0.1) is 16.4 Å². The fourth-order valence-corrected chi connectivity index (χ4v) is 11.7. The van der Waals surface area contributed by atoms with Gasteiger partial charge in [-0.25, -0.2) is 5.69 Å². The average molecular weight is 1250 g/mol. The van der Waals surface area contributed by atoms with E-state index in [1.807, 2.05) is 0 Å². The number of fused-ring (bicyclic) bond motifs is 4. The van der Waals surface area contributed by atoms with Crippen molar-refractivity contribution >= 4 is 74.3 Å². The molecule has 6 heteroatoms. The monoisotopic (exact) mass is 1250 g/mol. The van der Waals surface area contributed by atoms with Gasteiger partial charge in [-0.3, -0.25) is 17.7 Å². The Hall–Kier alpha value is -5.19. The Kier molecular flexibility index (Phi) is 16.4. The smallest absolute Gasteiger partial charge is 0.463 e. The largest absolute Gasteiger partial charge is 2.00 e. The summed E-state index contributed by atoms with van der Waals surface area (Å²) in [4.78, 5) is 7.49. The van der Waals surface area contributed by atoms with E-state index < -0.39 is 0 Å². The molecule has 0 amide bonds. The summed E-state index contributed by atoms with van der Waals surface area (Å²) in [7, 11) is 0. The third kappa shape index (κ3) is 11.2. The van der Waals surface area contributed by atoms with Gasteiger partial charge in [-0.1, -0.05) is 231 Å². The van der Waals surface area contributed by atoms with Crippen LogP contribution in [0.15, 0.2) is 146 Å². The molecule has 400 valence electrons. The third-order valence-corrected chi connectivity index (χ3v) is 16.4. The van der Waals surface area contributed by atoms with Gasteiger partial charge in [0, 0.05) is 34.0 Å². The second-order valence-corrected chi connectivity index (χ2v) is 28.5. The Labute approximate surface area is 523 Å². The van der Waals surface area contributed by atoms with Crippen molar-refractivity contribution in [2.24, 2.45) is 0 Å². The van der Waals surface area contributed by atoms with E-state index in [0.29, 0.717) is 0 Å². The van der Waals surface area contributed by atoms with E-state index in [9.17, 15) is 0 Å². The summed E-state index contributed by atoms with van der Waals surface area (Å²) >= 11 is 0. The van der Waals surface area contributed by atoms with Gasteiger partial charge in [-0.05, 0) is 97.9 Å². The molecule has 0 bridgehead atoms. The van der Waals surface area contributed by atoms with Crippen LogP contribution in [-0.4, -0.2) is 6.71 Å². The molecule has 3 nitrogen and oxygen atoms in total. The fraction of sp³-hybridized carbons (Fsp3) is 0.324. The van der Waals surface area contributed by atoms with Gasteiger partial charge < -0.3 is 26.8 Å². The minimum atomic E-state index is -0.279. The number of hydrogen-bond acceptors (Lipinski definition) is 3. The number of benzene rings is 8. The molecular weight excluding hydrogens is 1170 g/mol. The van der Waals surface area contributed by atoms with E-state index >= 15 is 0 Å². The maximum atomic E-state index is 5.12. The molecule has 8 aromatic rings. The van der Waals surface area contributed by atoms with Gasteiger partial charge in [0.05, 0.1) is 5.69 Å². The molecular formula is C74H82BCd2N3. The van der Waals surface area contributed by atoms with Crippen LogP contribution >= 0.6 is 0 Å². The molecule has 2 aliphatic heterocycles. The molecule has 2 aliphatic rings. The molecule has 10 rings (SSSR count). The van der Waals surface area contributed by atoms with Crippen LogP contribution in [0.2, 0.25) is 0 Å². The number of nitrogens with zero attached hydrogens (tertiary/aromatic N) is 3. The molecule has 0 N–H and O–H groups in total. The number of hydrogen-bond donors (Lipinski definition) is 0. The van der Waals surface area contributed by atoms with Crippen molar-refractivity contribution in [2.45, 2.75) is 157 Å². The van der Waals surface area contributed by atoms with Crippen LogP contribution in [0.5, 0.6) is 0 Å². The van der Waals surface area contributed by atoms with Gasteiger partial charge in [0.1, 0.15) is 0 Å². The molecule has 0 saturated heterocycles. The predicted octanol–water partition coefficient (Wildman–Crippen LogP) is 18.7. The summed E-state index contributed by atoms with van der Waals surface area (Å²) in [6.45, 7) is 51.3. The van der Waals surface area contributed by atoms with Crippen LogP contribution in [0.3, 0.4) is 0 Å². The Morgan fingerprint density at radius 2 is 0.912 bits per heavy atom. The number of anilines is 9. The topological polar surface area (TPSA) is 9.72 Å². The first-order chi connectivity index (χ1) is 36.3. The van der Waals surface area contributed by atoms with Crippen molar-refractivity contribution in [3.8, 4) is 11.1 Å². The van der Waals surface area contributed by atoms with Gasteiger partial charge in [-0.2, -0.15) is 31.0 Å². The normalized spacial score (nSPS) is 13.4. The summed E-state index contributed by atoms with van der Waals surface area (Å²) in [5.41, 5.74) is 24.6. The zero-order chi connectivity index (χ0) is 56.4. The maximum absolute atomic E-state index is 5.12. The van der Waals surface area contributed by atoms with Crippen molar-refractivity contribution in [2.75, 3.05) is 14.7 Å². The van der Waals surface area contributed by atoms with Gasteiger partial charge in [0.2, 0.25) is 6.71 Å². The van der Waals surface area contributed by atoms with E-state index in [2.05, 4.69) is 297 Å². The van der Waals surface area contributed by atoms with E-state index in [4.69, 9.17) is 13.8 Å². The molecule has 0 unspecified atom stereocenters. The van der Waals surface area contributed by atoms with Gasteiger partial charge in [0.15, 0.2) is 0 Å². The first kappa shape index (κ1) is 60.9. The Balaban J connectivity index is 0.00000420. The second kappa shape index (κ2) is 21.5. The van der Waals surface area contributed by atoms with Crippen molar-refractivity contribution < 1.29 is 54.6 Å². The van der Waals surface area contributed by atoms with Crippen LogP contribution in [-0.2, 0) is 87.1 Å². The maximum Gasteiger partial charge on any atom is 2.00 e. The quantitative estimate of drug-likeness (QED) is 0.121. The van der Waals surface area contributed by atoms with E-state index in [1.165, 1.54) is 60.9 Å². The van der Waals surface area contributed by atoms with Crippen molar-refractivity contribution in [3.05, 3.63) is 216 Å². The zero-order valence-electron chi connectivity index (χ0n) is 51.6. The van der Waals surface area contributed by atoms with E-state index in [0.717, 1.165) is 62.3 Å². The summed E-state index contributed by atoms with van der Waals surface area (Å²) in [6.07, 6.45) is 0. The van der Waals surface area contributed by atoms with Crippen LogP contribution in [0.1, 0.15) is 169 Å². The second-order valence-electron chi connectivity index (χ2n) is 28.5. The molecule has 0 saturated carbocycles. The average Bonchev–Trinajstić information content (AvgIpc) is 3.35. The van der Waals surface area contributed by atoms with Gasteiger partial charge >= 0.3 is 54.6 Å². The van der Waals surface area contributed by atoms with E-state index in [-0.39, 0.29) is 93.8 Å². The Bertz CT molecular complexity index is 3510. The van der Waals surface area contributed by atoms with Gasteiger partial charge in [0.25, 0.3) is 0 Å². The minimum absolute atomic E-state index is 0. The molecule has 0 spiro atoms. The van der Waals surface area contributed by atoms with Crippen LogP contribution in [0.4, 0.5) is 51.2 Å². The van der Waals surface area contributed by atoms with Crippen molar-refractivity contribution in [1.82, 2.24) is 0 Å². The fourth-order valence-electron chi connectivity index (χ4n) is 11.7. The van der Waals surface area contributed by atoms with Crippen molar-refractivity contribution in [3.63, 3.8) is 0 Å². The summed E-state index contributed by atoms with van der Waals surface area (Å²) in [5, 5.41) is 0. The molecule has 2 heterocycles. The standard InChI is InChI=1S/C74H82BN3.2Cd/c1-47-42-54(73(15,16)17)44-62-67(47)77(57-37-30-52(31-38-57)71(9,10)11)68-48(2)60(74(18,19)20)46-65-66(68)75(62)61-40-39-58(45-64(61)78(65)63-41-32-53(72(12,13)14)43-59(63)49-24-22-21-23-25-49)76(55-33-26-50(27-34-55)69(3,4)5)56-35-28-51(29-36-56)70(6,7)8;;/h21-36,39-46H,1-2H2,3-20H3;;/q-4;2*+2. The van der Waals surface area contributed by atoms with Crippen LogP contribution in [0, 0.1) is 26.0 Å². The first-order valence-corrected chi connectivity index (χ1v) is 28.3. The molecule has 0 atom stereocenters. The minimum Gasteiger partial charge on any atom is -0.463 e. The van der Waals surface area contributed by atoms with E-state index in [1.54, 1.807) is 0 Å². The van der Waals surface area contributed by atoms with Crippen LogP contribution in [0.25, 0.3) is 11.1 Å².